The van der Waals surface area contributed by atoms with E-state index in [-0.39, 0.29) is 30.6 Å². The predicted molar refractivity (Wildman–Crippen MR) is 158 cm³/mol. The van der Waals surface area contributed by atoms with Crippen molar-refractivity contribution in [2.45, 2.75) is 55.5 Å². The summed E-state index contributed by atoms with van der Waals surface area (Å²) in [6, 6.07) is 21.0. The van der Waals surface area contributed by atoms with Crippen LogP contribution < -0.4 is 24.8 Å². The number of nitrogens with one attached hydrogen (secondary N) is 2. The first kappa shape index (κ1) is 31.1. The number of aliphatic hydroxyl groups is 1. The molecule has 0 aromatic heterocycles. The predicted octanol–water partition coefficient (Wildman–Crippen LogP) is 4.01. The van der Waals surface area contributed by atoms with Gasteiger partial charge in [-0.3, -0.25) is 5.32 Å². The molecule has 1 aliphatic heterocycles. The van der Waals surface area contributed by atoms with Crippen LogP contribution in [0.5, 0.6) is 17.2 Å². The third kappa shape index (κ3) is 8.37. The van der Waals surface area contributed by atoms with Crippen molar-refractivity contribution in [3.63, 3.8) is 0 Å². The summed E-state index contributed by atoms with van der Waals surface area (Å²) < 4.78 is 43.4. The van der Waals surface area contributed by atoms with Gasteiger partial charge in [-0.15, -0.1) is 0 Å². The van der Waals surface area contributed by atoms with Gasteiger partial charge in [0.25, 0.3) is 0 Å². The Labute approximate surface area is 246 Å². The topological polar surface area (TPSA) is 143 Å². The monoisotopic (exact) mass is 598 g/mol. The van der Waals surface area contributed by atoms with E-state index >= 15 is 0 Å². The van der Waals surface area contributed by atoms with Crippen molar-refractivity contribution in [2.24, 2.45) is 5.92 Å². The molecular weight excluding hydrogens is 560 g/mol. The Kier molecular flexibility index (Phi) is 10.7. The van der Waals surface area contributed by atoms with E-state index in [4.69, 9.17) is 14.2 Å². The van der Waals surface area contributed by atoms with E-state index in [2.05, 4.69) is 22.8 Å². The molecule has 11 heteroatoms. The van der Waals surface area contributed by atoms with Crippen molar-refractivity contribution < 1.29 is 37.6 Å². The van der Waals surface area contributed by atoms with Crippen molar-refractivity contribution in [1.29, 1.82) is 0 Å². The molecule has 10 nitrogen and oxygen atoms in total. The number of hydrogen-bond donors (Lipinski definition) is 4. The molecule has 3 aromatic rings. The maximum absolute atomic E-state index is 13.5. The van der Waals surface area contributed by atoms with Crippen LogP contribution in [0.25, 0.3) is 0 Å². The second kappa shape index (κ2) is 14.4. The van der Waals surface area contributed by atoms with Crippen molar-refractivity contribution in [3.05, 3.63) is 83.9 Å². The molecule has 0 saturated heterocycles. The van der Waals surface area contributed by atoms with Crippen molar-refractivity contribution in [1.82, 2.24) is 10.6 Å². The third-order valence-corrected chi connectivity index (χ3v) is 9.30. The number of aliphatic hydroxyl groups excluding tert-OH is 1. The minimum atomic E-state index is -3.86. The second-order valence-electron chi connectivity index (χ2n) is 10.5. The number of ether oxygens (including phenoxy) is 3. The van der Waals surface area contributed by atoms with Crippen molar-refractivity contribution >= 4 is 15.9 Å². The molecule has 3 aromatic carbocycles. The normalized spacial score (nSPS) is 14.8. The molecular formula is C31H38N2O8S. The number of amides is 1. The summed E-state index contributed by atoms with van der Waals surface area (Å²) in [7, 11) is -3.86. The zero-order valence-electron chi connectivity index (χ0n) is 23.7. The number of rotatable bonds is 15. The Morgan fingerprint density at radius 1 is 0.976 bits per heavy atom. The van der Waals surface area contributed by atoms with Gasteiger partial charge in [0.2, 0.25) is 6.79 Å². The summed E-state index contributed by atoms with van der Waals surface area (Å²) in [4.78, 5) is 11.6. The first-order valence-corrected chi connectivity index (χ1v) is 15.5. The highest BCUT2D eigenvalue weighted by Gasteiger charge is 2.33. The zero-order chi connectivity index (χ0) is 30.1. The summed E-state index contributed by atoms with van der Waals surface area (Å²) in [5.41, 5.74) is 2.05. The summed E-state index contributed by atoms with van der Waals surface area (Å²) in [6.07, 6.45) is -0.501. The fourth-order valence-corrected chi connectivity index (χ4v) is 6.67. The van der Waals surface area contributed by atoms with Crippen molar-refractivity contribution in [2.75, 3.05) is 19.9 Å². The molecule has 226 valence electrons. The summed E-state index contributed by atoms with van der Waals surface area (Å²) >= 11 is 0. The van der Waals surface area contributed by atoms with E-state index in [9.17, 15) is 23.4 Å². The Bertz CT molecular complexity index is 1410. The highest BCUT2D eigenvalue weighted by molar-refractivity contribution is 7.92. The lowest BCUT2D eigenvalue weighted by atomic mass is 10.0. The van der Waals surface area contributed by atoms with Crippen molar-refractivity contribution in [3.8, 4) is 17.2 Å². The Hall–Kier alpha value is -3.80. The molecule has 4 rings (SSSR count). The molecule has 0 fully saturated rings. The molecule has 4 N–H and O–H groups in total. The van der Waals surface area contributed by atoms with Gasteiger partial charge in [-0.25, -0.2) is 13.2 Å². The maximum atomic E-state index is 13.5. The molecule has 0 bridgehead atoms. The Balaban J connectivity index is 1.34. The summed E-state index contributed by atoms with van der Waals surface area (Å²) in [5.74, 6) is 1.18. The molecule has 1 aliphatic rings. The van der Waals surface area contributed by atoms with Crippen LogP contribution >= 0.6 is 0 Å². The largest absolute Gasteiger partial charge is 0.494 e. The number of aryl methyl sites for hydroxylation is 1. The number of fused-ring (bicyclic) bond motifs is 1. The smallest absolute Gasteiger partial charge is 0.404 e. The van der Waals surface area contributed by atoms with Crippen LogP contribution in [0.2, 0.25) is 0 Å². The quantitative estimate of drug-likeness (QED) is 0.191. The van der Waals surface area contributed by atoms with Crippen LogP contribution in [0.1, 0.15) is 31.4 Å². The second-order valence-corrected chi connectivity index (χ2v) is 12.6. The van der Waals surface area contributed by atoms with Gasteiger partial charge in [-0.05, 0) is 60.6 Å². The minimum absolute atomic E-state index is 0.0271. The maximum Gasteiger partial charge on any atom is 0.404 e. The van der Waals surface area contributed by atoms with Gasteiger partial charge in [-0.1, -0.05) is 56.3 Å². The fraction of sp³-hybridized carbons (Fsp3) is 0.387. The average Bonchev–Trinajstić information content (AvgIpc) is 3.44. The molecule has 1 unspecified atom stereocenters. The number of hydrogen-bond acceptors (Lipinski definition) is 8. The summed E-state index contributed by atoms with van der Waals surface area (Å²) in [5, 5.41) is 24.6. The zero-order valence-corrected chi connectivity index (χ0v) is 24.5. The molecule has 1 amide bonds. The van der Waals surface area contributed by atoms with Gasteiger partial charge in [0.15, 0.2) is 21.3 Å². The fourth-order valence-electron chi connectivity index (χ4n) is 4.81. The van der Waals surface area contributed by atoms with Crippen LogP contribution in [0, 0.1) is 5.92 Å². The molecule has 42 heavy (non-hydrogen) atoms. The van der Waals surface area contributed by atoms with Gasteiger partial charge < -0.3 is 29.7 Å². The van der Waals surface area contributed by atoms with E-state index in [1.807, 2.05) is 42.5 Å². The van der Waals surface area contributed by atoms with Gasteiger partial charge in [0.05, 0.1) is 23.6 Å². The van der Waals surface area contributed by atoms with E-state index in [1.165, 1.54) is 17.7 Å². The average molecular weight is 599 g/mol. The number of carboxylic acid groups (broad SMARTS) is 1. The van der Waals surface area contributed by atoms with Crippen LogP contribution in [0.4, 0.5) is 4.79 Å². The Morgan fingerprint density at radius 3 is 2.38 bits per heavy atom. The molecule has 0 radical (unpaired) electrons. The van der Waals surface area contributed by atoms with Crippen LogP contribution in [-0.4, -0.2) is 62.2 Å². The minimum Gasteiger partial charge on any atom is -0.494 e. The lowest BCUT2D eigenvalue weighted by Gasteiger charge is -2.28. The highest BCUT2D eigenvalue weighted by atomic mass is 32.2. The number of sulfone groups is 1. The van der Waals surface area contributed by atoms with E-state index in [0.29, 0.717) is 23.9 Å². The first-order valence-electron chi connectivity index (χ1n) is 13.9. The van der Waals surface area contributed by atoms with Gasteiger partial charge >= 0.3 is 6.09 Å². The molecule has 1 heterocycles. The molecule has 0 aliphatic carbocycles. The lowest BCUT2D eigenvalue weighted by Crippen LogP contribution is -2.51. The van der Waals surface area contributed by atoms with E-state index in [0.717, 1.165) is 18.4 Å². The van der Waals surface area contributed by atoms with Crippen LogP contribution in [-0.2, 0) is 22.7 Å². The van der Waals surface area contributed by atoms with Gasteiger partial charge in [0.1, 0.15) is 11.1 Å². The SMILES string of the molecule is CC(C)C(NC[C@@H](O)[C@H](Cc1ccc(OCCCc2ccccc2)cc1)NC(=O)O)S(=O)(=O)c1ccc2c(c1)OCO2. The number of carbonyl (C=O) groups is 1. The first-order chi connectivity index (χ1) is 20.1. The van der Waals surface area contributed by atoms with E-state index < -0.39 is 33.5 Å². The molecule has 0 saturated carbocycles. The Morgan fingerprint density at radius 2 is 1.69 bits per heavy atom. The molecule has 0 spiro atoms. The third-order valence-electron chi connectivity index (χ3n) is 7.01. The number of benzene rings is 3. The summed E-state index contributed by atoms with van der Waals surface area (Å²) in [6.45, 7) is 3.95. The standard InChI is InChI=1S/C31H38N2O8S/c1-21(2)30(42(37,38)25-14-15-28-29(18-25)41-20-40-28)32-19-27(34)26(33-31(35)36)17-23-10-12-24(13-11-23)39-16-6-9-22-7-4-3-5-8-22/h3-5,7-8,10-15,18,21,26-27,30,32-34H,6,9,16-17,19-20H2,1-2H3,(H,35,36)/t26-,27+,30?/m0/s1. The van der Waals surface area contributed by atoms with Crippen LogP contribution in [0.15, 0.2) is 77.7 Å². The van der Waals surface area contributed by atoms with E-state index in [1.54, 1.807) is 19.9 Å². The highest BCUT2D eigenvalue weighted by Crippen LogP contribution is 2.35. The molecule has 3 atom stereocenters. The van der Waals surface area contributed by atoms with Crippen LogP contribution in [0.3, 0.4) is 0 Å². The van der Waals surface area contributed by atoms with Gasteiger partial charge in [0, 0.05) is 12.6 Å². The lowest BCUT2D eigenvalue weighted by molar-refractivity contribution is 0.116. The van der Waals surface area contributed by atoms with Gasteiger partial charge in [-0.2, -0.15) is 0 Å².